The number of likely N-dealkylation sites (tertiary alicyclic amines) is 1. The summed E-state index contributed by atoms with van der Waals surface area (Å²) in [5, 5.41) is 4.62. The lowest BCUT2D eigenvalue weighted by Gasteiger charge is -2.15. The predicted octanol–water partition coefficient (Wildman–Crippen LogP) is 3.06. The summed E-state index contributed by atoms with van der Waals surface area (Å²) in [7, 11) is 0. The molecule has 0 spiro atoms. The van der Waals surface area contributed by atoms with Crippen molar-refractivity contribution >= 4 is 0 Å². The molecule has 1 aliphatic heterocycles. The zero-order chi connectivity index (χ0) is 15.0. The molecule has 2 aromatic heterocycles. The van der Waals surface area contributed by atoms with E-state index in [9.17, 15) is 0 Å². The van der Waals surface area contributed by atoms with E-state index < -0.39 is 0 Å². The third-order valence-corrected chi connectivity index (χ3v) is 4.09. The van der Waals surface area contributed by atoms with Crippen LogP contribution in [0.15, 0.2) is 16.7 Å². The van der Waals surface area contributed by atoms with Crippen LogP contribution in [0.25, 0.3) is 0 Å². The van der Waals surface area contributed by atoms with E-state index in [0.29, 0.717) is 12.0 Å². The topological polar surface area (TPSA) is 47.1 Å². The molecule has 5 nitrogen and oxygen atoms in total. The Balaban J connectivity index is 1.63. The van der Waals surface area contributed by atoms with Gasteiger partial charge < -0.3 is 4.42 Å². The highest BCUT2D eigenvalue weighted by Gasteiger charge is 2.26. The lowest BCUT2D eigenvalue weighted by atomic mass is 10.2. The SMILES string of the molecule is Cc1cc(C)n(C2CCN(Cc3coc(C(C)C)n3)C2)n1. The Morgan fingerprint density at radius 1 is 1.38 bits per heavy atom. The summed E-state index contributed by atoms with van der Waals surface area (Å²) in [6.45, 7) is 11.4. The van der Waals surface area contributed by atoms with Crippen LogP contribution in [0.2, 0.25) is 0 Å². The Morgan fingerprint density at radius 3 is 2.81 bits per heavy atom. The second kappa shape index (κ2) is 5.64. The van der Waals surface area contributed by atoms with Gasteiger partial charge in [0.2, 0.25) is 0 Å². The van der Waals surface area contributed by atoms with Crippen molar-refractivity contribution < 1.29 is 4.42 Å². The molecule has 0 saturated carbocycles. The minimum absolute atomic E-state index is 0.347. The van der Waals surface area contributed by atoms with Crippen LogP contribution in [0.3, 0.4) is 0 Å². The van der Waals surface area contributed by atoms with Gasteiger partial charge in [-0.2, -0.15) is 5.10 Å². The van der Waals surface area contributed by atoms with E-state index in [-0.39, 0.29) is 0 Å². The van der Waals surface area contributed by atoms with Gasteiger partial charge >= 0.3 is 0 Å². The van der Waals surface area contributed by atoms with Crippen molar-refractivity contribution in [1.82, 2.24) is 19.7 Å². The fourth-order valence-electron chi connectivity index (χ4n) is 3.06. The largest absolute Gasteiger partial charge is 0.448 e. The van der Waals surface area contributed by atoms with E-state index >= 15 is 0 Å². The third kappa shape index (κ3) is 3.02. The average molecular weight is 288 g/mol. The van der Waals surface area contributed by atoms with Crippen molar-refractivity contribution in [3.05, 3.63) is 35.3 Å². The van der Waals surface area contributed by atoms with Gasteiger partial charge in [0.1, 0.15) is 6.26 Å². The van der Waals surface area contributed by atoms with Crippen LogP contribution in [0, 0.1) is 13.8 Å². The minimum Gasteiger partial charge on any atom is -0.448 e. The van der Waals surface area contributed by atoms with Crippen LogP contribution < -0.4 is 0 Å². The van der Waals surface area contributed by atoms with Gasteiger partial charge in [-0.15, -0.1) is 0 Å². The molecule has 1 fully saturated rings. The van der Waals surface area contributed by atoms with Gasteiger partial charge in [0.05, 0.1) is 17.4 Å². The van der Waals surface area contributed by atoms with Crippen LogP contribution in [0.5, 0.6) is 0 Å². The molecule has 0 aromatic carbocycles. The number of aryl methyl sites for hydroxylation is 2. The van der Waals surface area contributed by atoms with Crippen LogP contribution in [0.4, 0.5) is 0 Å². The standard InChI is InChI=1S/C16H24N4O/c1-11(2)16-17-14(10-21-16)8-19-6-5-15(9-19)20-13(4)7-12(3)18-20/h7,10-11,15H,5-6,8-9H2,1-4H3. The summed E-state index contributed by atoms with van der Waals surface area (Å²) in [6, 6.07) is 2.63. The van der Waals surface area contributed by atoms with E-state index in [4.69, 9.17) is 4.42 Å². The molecule has 0 amide bonds. The fraction of sp³-hybridized carbons (Fsp3) is 0.625. The van der Waals surface area contributed by atoms with Gasteiger partial charge in [-0.05, 0) is 26.3 Å². The molecule has 0 N–H and O–H groups in total. The van der Waals surface area contributed by atoms with Gasteiger partial charge in [-0.3, -0.25) is 9.58 Å². The highest BCUT2D eigenvalue weighted by atomic mass is 16.3. The molecule has 0 aliphatic carbocycles. The van der Waals surface area contributed by atoms with Crippen molar-refractivity contribution in [2.75, 3.05) is 13.1 Å². The van der Waals surface area contributed by atoms with Crippen molar-refractivity contribution in [2.24, 2.45) is 0 Å². The Morgan fingerprint density at radius 2 is 2.19 bits per heavy atom. The van der Waals surface area contributed by atoms with Gasteiger partial charge in [0.15, 0.2) is 5.89 Å². The summed E-state index contributed by atoms with van der Waals surface area (Å²) in [5.74, 6) is 1.18. The van der Waals surface area contributed by atoms with E-state index in [1.54, 1.807) is 6.26 Å². The lowest BCUT2D eigenvalue weighted by Crippen LogP contribution is -2.22. The normalized spacial score (nSPS) is 19.8. The molecule has 2 aromatic rings. The van der Waals surface area contributed by atoms with E-state index in [1.165, 1.54) is 5.69 Å². The van der Waals surface area contributed by atoms with E-state index in [1.807, 2.05) is 0 Å². The molecule has 1 saturated heterocycles. The van der Waals surface area contributed by atoms with Crippen molar-refractivity contribution in [2.45, 2.75) is 52.6 Å². The number of aromatic nitrogens is 3. The van der Waals surface area contributed by atoms with Gasteiger partial charge in [0, 0.05) is 31.2 Å². The molecular weight excluding hydrogens is 264 g/mol. The van der Waals surface area contributed by atoms with Crippen molar-refractivity contribution in [1.29, 1.82) is 0 Å². The molecule has 3 heterocycles. The molecule has 1 aliphatic rings. The first-order chi connectivity index (χ1) is 10.0. The Bertz CT molecular complexity index is 614. The summed E-state index contributed by atoms with van der Waals surface area (Å²) in [5.41, 5.74) is 3.39. The van der Waals surface area contributed by atoms with Crippen molar-refractivity contribution in [3.63, 3.8) is 0 Å². The minimum atomic E-state index is 0.347. The summed E-state index contributed by atoms with van der Waals surface area (Å²) in [6.07, 6.45) is 2.95. The average Bonchev–Trinajstić information content (AvgIpc) is 3.10. The summed E-state index contributed by atoms with van der Waals surface area (Å²) < 4.78 is 7.69. The maximum atomic E-state index is 5.51. The second-order valence-electron chi connectivity index (χ2n) is 6.38. The molecule has 3 rings (SSSR count). The molecule has 0 bridgehead atoms. The van der Waals surface area contributed by atoms with Gasteiger partial charge in [-0.1, -0.05) is 13.8 Å². The Labute approximate surface area is 126 Å². The Hall–Kier alpha value is -1.62. The van der Waals surface area contributed by atoms with Crippen LogP contribution >= 0.6 is 0 Å². The zero-order valence-electron chi connectivity index (χ0n) is 13.3. The fourth-order valence-corrected chi connectivity index (χ4v) is 3.06. The molecule has 5 heteroatoms. The maximum absolute atomic E-state index is 5.51. The molecular formula is C16H24N4O. The van der Waals surface area contributed by atoms with E-state index in [0.717, 1.165) is 43.3 Å². The number of rotatable bonds is 4. The molecule has 114 valence electrons. The first-order valence-corrected chi connectivity index (χ1v) is 7.72. The highest BCUT2D eigenvalue weighted by molar-refractivity contribution is 5.08. The number of oxazole rings is 1. The predicted molar refractivity (Wildman–Crippen MR) is 81.2 cm³/mol. The smallest absolute Gasteiger partial charge is 0.196 e. The van der Waals surface area contributed by atoms with Gasteiger partial charge in [-0.25, -0.2) is 4.98 Å². The summed E-state index contributed by atoms with van der Waals surface area (Å²) >= 11 is 0. The maximum Gasteiger partial charge on any atom is 0.196 e. The highest BCUT2D eigenvalue weighted by Crippen LogP contribution is 2.24. The van der Waals surface area contributed by atoms with Gasteiger partial charge in [0.25, 0.3) is 0 Å². The second-order valence-corrected chi connectivity index (χ2v) is 6.38. The first-order valence-electron chi connectivity index (χ1n) is 7.72. The molecule has 21 heavy (non-hydrogen) atoms. The monoisotopic (exact) mass is 288 g/mol. The number of hydrogen-bond acceptors (Lipinski definition) is 4. The number of nitrogens with zero attached hydrogens (tertiary/aromatic N) is 4. The summed E-state index contributed by atoms with van der Waals surface area (Å²) in [4.78, 5) is 7.00. The first kappa shape index (κ1) is 14.3. The van der Waals surface area contributed by atoms with Crippen LogP contribution in [0.1, 0.15) is 55.2 Å². The zero-order valence-corrected chi connectivity index (χ0v) is 13.3. The number of hydrogen-bond donors (Lipinski definition) is 0. The third-order valence-electron chi connectivity index (χ3n) is 4.09. The Kier molecular flexibility index (Phi) is 3.85. The quantitative estimate of drug-likeness (QED) is 0.867. The molecule has 1 unspecified atom stereocenters. The van der Waals surface area contributed by atoms with E-state index in [2.05, 4.69) is 53.4 Å². The van der Waals surface area contributed by atoms with Crippen LogP contribution in [-0.2, 0) is 6.54 Å². The molecule has 1 atom stereocenters. The molecule has 0 radical (unpaired) electrons. The van der Waals surface area contributed by atoms with Crippen LogP contribution in [-0.4, -0.2) is 32.8 Å². The van der Waals surface area contributed by atoms with Crippen molar-refractivity contribution in [3.8, 4) is 0 Å². The lowest BCUT2D eigenvalue weighted by molar-refractivity contribution is 0.306.